The van der Waals surface area contributed by atoms with Crippen molar-refractivity contribution in [2.75, 3.05) is 19.6 Å². The largest absolute Gasteiger partial charge is 0.367 e. The Bertz CT molecular complexity index is 239. The third-order valence-electron chi connectivity index (χ3n) is 2.87. The minimum Gasteiger partial charge on any atom is -0.367 e. The summed E-state index contributed by atoms with van der Waals surface area (Å²) >= 11 is 0. The Morgan fingerprint density at radius 2 is 2.13 bits per heavy atom. The van der Waals surface area contributed by atoms with Crippen LogP contribution in [0.1, 0.15) is 26.3 Å². The predicted octanol–water partition coefficient (Wildman–Crippen LogP) is 1.83. The van der Waals surface area contributed by atoms with Crippen molar-refractivity contribution in [1.82, 2.24) is 15.2 Å². The van der Waals surface area contributed by atoms with Crippen LogP contribution < -0.4 is 5.32 Å². The van der Waals surface area contributed by atoms with E-state index < -0.39 is 0 Å². The lowest BCUT2D eigenvalue weighted by atomic mass is 10.2. The number of aromatic amines is 1. The summed E-state index contributed by atoms with van der Waals surface area (Å²) in [6.45, 7) is 11.0. The van der Waals surface area contributed by atoms with Crippen molar-refractivity contribution in [2.45, 2.75) is 33.4 Å². The van der Waals surface area contributed by atoms with Crippen molar-refractivity contribution in [2.24, 2.45) is 0 Å². The van der Waals surface area contributed by atoms with Gasteiger partial charge >= 0.3 is 0 Å². The van der Waals surface area contributed by atoms with Crippen molar-refractivity contribution in [3.63, 3.8) is 0 Å². The summed E-state index contributed by atoms with van der Waals surface area (Å²) in [5.41, 5.74) is 1.32. The maximum atomic E-state index is 3.48. The van der Waals surface area contributed by atoms with Crippen molar-refractivity contribution < 1.29 is 0 Å². The molecule has 1 aromatic heterocycles. The highest BCUT2D eigenvalue weighted by molar-refractivity contribution is 5.07. The van der Waals surface area contributed by atoms with Gasteiger partial charge in [0.1, 0.15) is 0 Å². The molecule has 0 saturated carbocycles. The highest BCUT2D eigenvalue weighted by atomic mass is 15.2. The Morgan fingerprint density at radius 3 is 2.67 bits per heavy atom. The monoisotopic (exact) mass is 209 g/mol. The fourth-order valence-electron chi connectivity index (χ4n) is 1.87. The number of nitrogens with one attached hydrogen (secondary N) is 2. The molecule has 0 fully saturated rings. The van der Waals surface area contributed by atoms with Gasteiger partial charge in [0.05, 0.1) is 0 Å². The van der Waals surface area contributed by atoms with Crippen LogP contribution in [0.5, 0.6) is 0 Å². The molecule has 86 valence electrons. The Balaban J connectivity index is 2.19. The van der Waals surface area contributed by atoms with Crippen LogP contribution >= 0.6 is 0 Å². The van der Waals surface area contributed by atoms with E-state index in [4.69, 9.17) is 0 Å². The normalized spacial score (nSPS) is 13.3. The minimum atomic E-state index is 0.610. The van der Waals surface area contributed by atoms with E-state index in [0.717, 1.165) is 26.2 Å². The molecule has 1 aromatic rings. The van der Waals surface area contributed by atoms with Gasteiger partial charge in [-0.25, -0.2) is 0 Å². The molecule has 0 aliphatic rings. The standard InChI is InChI=1S/C12H23N3/c1-4-15(5-2)11(3)8-14-10-12-6-7-13-9-12/h6-7,9,11,13-14H,4-5,8,10H2,1-3H3. The number of aromatic nitrogens is 1. The van der Waals surface area contributed by atoms with E-state index in [0.29, 0.717) is 6.04 Å². The number of H-pyrrole nitrogens is 1. The Labute approximate surface area is 92.9 Å². The summed E-state index contributed by atoms with van der Waals surface area (Å²) in [6, 6.07) is 2.72. The second kappa shape index (κ2) is 6.64. The van der Waals surface area contributed by atoms with E-state index in [1.807, 2.05) is 12.4 Å². The maximum Gasteiger partial charge on any atom is 0.0221 e. The molecule has 1 atom stereocenters. The maximum absolute atomic E-state index is 3.48. The summed E-state index contributed by atoms with van der Waals surface area (Å²) in [5, 5.41) is 3.48. The highest BCUT2D eigenvalue weighted by Crippen LogP contribution is 1.98. The van der Waals surface area contributed by atoms with Gasteiger partial charge in [0.15, 0.2) is 0 Å². The van der Waals surface area contributed by atoms with Crippen LogP contribution in [0.15, 0.2) is 18.5 Å². The zero-order chi connectivity index (χ0) is 11.1. The summed E-state index contributed by atoms with van der Waals surface area (Å²) in [6.07, 6.45) is 4.00. The number of nitrogens with zero attached hydrogens (tertiary/aromatic N) is 1. The molecule has 0 bridgehead atoms. The zero-order valence-electron chi connectivity index (χ0n) is 10.1. The minimum absolute atomic E-state index is 0.610. The third kappa shape index (κ3) is 4.06. The third-order valence-corrected chi connectivity index (χ3v) is 2.87. The molecule has 0 spiro atoms. The average molecular weight is 209 g/mol. The molecule has 2 N–H and O–H groups in total. The first kappa shape index (κ1) is 12.3. The number of hydrogen-bond donors (Lipinski definition) is 2. The van der Waals surface area contributed by atoms with Gasteiger partial charge in [0.25, 0.3) is 0 Å². The first-order valence-corrected chi connectivity index (χ1v) is 5.84. The molecule has 0 aliphatic heterocycles. The molecular weight excluding hydrogens is 186 g/mol. The molecule has 15 heavy (non-hydrogen) atoms. The van der Waals surface area contributed by atoms with E-state index in [-0.39, 0.29) is 0 Å². The lowest BCUT2D eigenvalue weighted by Crippen LogP contribution is -2.39. The van der Waals surface area contributed by atoms with Gasteiger partial charge in [-0.15, -0.1) is 0 Å². The molecule has 1 rings (SSSR count). The second-order valence-electron chi connectivity index (χ2n) is 3.92. The molecule has 3 heteroatoms. The molecule has 1 heterocycles. The number of likely N-dealkylation sites (N-methyl/N-ethyl adjacent to an activating group) is 1. The van der Waals surface area contributed by atoms with Crippen LogP contribution in [0.2, 0.25) is 0 Å². The molecule has 0 radical (unpaired) electrons. The molecule has 1 unspecified atom stereocenters. The van der Waals surface area contributed by atoms with Gasteiger partial charge < -0.3 is 10.3 Å². The summed E-state index contributed by atoms with van der Waals surface area (Å²) in [4.78, 5) is 5.52. The van der Waals surface area contributed by atoms with Crippen LogP contribution in [0.4, 0.5) is 0 Å². The van der Waals surface area contributed by atoms with Crippen molar-refractivity contribution in [1.29, 1.82) is 0 Å². The highest BCUT2D eigenvalue weighted by Gasteiger charge is 2.08. The SMILES string of the molecule is CCN(CC)C(C)CNCc1cc[nH]c1. The number of rotatable bonds is 7. The lowest BCUT2D eigenvalue weighted by molar-refractivity contribution is 0.225. The quantitative estimate of drug-likeness (QED) is 0.718. The fraction of sp³-hybridized carbons (Fsp3) is 0.667. The van der Waals surface area contributed by atoms with E-state index in [1.54, 1.807) is 0 Å². The van der Waals surface area contributed by atoms with Gasteiger partial charge in [0.2, 0.25) is 0 Å². The molecule has 0 amide bonds. The Kier molecular flexibility index (Phi) is 5.43. The molecule has 3 nitrogen and oxygen atoms in total. The van der Waals surface area contributed by atoms with Gasteiger partial charge in [0, 0.05) is 31.5 Å². The number of hydrogen-bond acceptors (Lipinski definition) is 2. The first-order chi connectivity index (χ1) is 7.27. The van der Waals surface area contributed by atoms with Crippen LogP contribution in [0.25, 0.3) is 0 Å². The van der Waals surface area contributed by atoms with Gasteiger partial charge in [-0.1, -0.05) is 13.8 Å². The average Bonchev–Trinajstić information content (AvgIpc) is 2.72. The van der Waals surface area contributed by atoms with Gasteiger partial charge in [-0.3, -0.25) is 4.90 Å². The van der Waals surface area contributed by atoms with E-state index >= 15 is 0 Å². The topological polar surface area (TPSA) is 31.1 Å². The van der Waals surface area contributed by atoms with Gasteiger partial charge in [-0.05, 0) is 31.6 Å². The van der Waals surface area contributed by atoms with Gasteiger partial charge in [-0.2, -0.15) is 0 Å². The summed E-state index contributed by atoms with van der Waals surface area (Å²) in [5.74, 6) is 0. The Hall–Kier alpha value is -0.800. The zero-order valence-corrected chi connectivity index (χ0v) is 10.1. The molecule has 0 aromatic carbocycles. The molecular formula is C12H23N3. The predicted molar refractivity (Wildman–Crippen MR) is 64.9 cm³/mol. The van der Waals surface area contributed by atoms with Crippen molar-refractivity contribution in [3.8, 4) is 0 Å². The fourth-order valence-corrected chi connectivity index (χ4v) is 1.87. The molecule has 0 aliphatic carbocycles. The second-order valence-corrected chi connectivity index (χ2v) is 3.92. The summed E-state index contributed by atoms with van der Waals surface area (Å²) in [7, 11) is 0. The van der Waals surface area contributed by atoms with Crippen LogP contribution in [-0.4, -0.2) is 35.6 Å². The van der Waals surface area contributed by atoms with Crippen molar-refractivity contribution in [3.05, 3.63) is 24.0 Å². The summed E-state index contributed by atoms with van der Waals surface area (Å²) < 4.78 is 0. The van der Waals surface area contributed by atoms with Crippen LogP contribution in [0, 0.1) is 0 Å². The van der Waals surface area contributed by atoms with E-state index in [9.17, 15) is 0 Å². The first-order valence-electron chi connectivity index (χ1n) is 5.84. The van der Waals surface area contributed by atoms with E-state index in [2.05, 4.69) is 42.0 Å². The molecule has 0 saturated heterocycles. The van der Waals surface area contributed by atoms with Crippen molar-refractivity contribution >= 4 is 0 Å². The Morgan fingerprint density at radius 1 is 1.40 bits per heavy atom. The van der Waals surface area contributed by atoms with Crippen LogP contribution in [0.3, 0.4) is 0 Å². The lowest BCUT2D eigenvalue weighted by Gasteiger charge is -2.26. The van der Waals surface area contributed by atoms with E-state index in [1.165, 1.54) is 5.56 Å². The smallest absolute Gasteiger partial charge is 0.0221 e. The van der Waals surface area contributed by atoms with Crippen LogP contribution in [-0.2, 0) is 6.54 Å².